The predicted molar refractivity (Wildman–Crippen MR) is 130 cm³/mol. The third-order valence-electron chi connectivity index (χ3n) is 6.04. The Morgan fingerprint density at radius 1 is 1.06 bits per heavy atom. The van der Waals surface area contributed by atoms with Gasteiger partial charge in [0.15, 0.2) is 4.87 Å². The number of halogens is 2. The van der Waals surface area contributed by atoms with E-state index in [0.29, 0.717) is 18.1 Å². The zero-order valence-electron chi connectivity index (χ0n) is 18.2. The standard InChI is InChI=1S/C26H22ClFN2O2S/c1-25(2)16-30(23(31)17-9-7-10-19(28)14-17)26(33-25)20-11-4-6-13-22(20)29(24(26)32)15-18-8-3-5-12-21(18)27/h3-14H,15-16H2,1-2H3. The molecule has 1 atom stereocenters. The Bertz CT molecular complexity index is 1280. The van der Waals surface area contributed by atoms with Crippen LogP contribution >= 0.6 is 23.4 Å². The van der Waals surface area contributed by atoms with Gasteiger partial charge in [-0.25, -0.2) is 4.39 Å². The molecule has 1 spiro atoms. The maximum absolute atomic E-state index is 14.2. The van der Waals surface area contributed by atoms with Crippen LogP contribution in [0.4, 0.5) is 10.1 Å². The number of hydrogen-bond donors (Lipinski definition) is 0. The molecule has 0 radical (unpaired) electrons. The summed E-state index contributed by atoms with van der Waals surface area (Å²) < 4.78 is 13.5. The monoisotopic (exact) mass is 480 g/mol. The second-order valence-electron chi connectivity index (χ2n) is 8.91. The summed E-state index contributed by atoms with van der Waals surface area (Å²) in [4.78, 5) is 30.0. The van der Waals surface area contributed by atoms with Crippen molar-refractivity contribution in [1.82, 2.24) is 4.90 Å². The zero-order valence-corrected chi connectivity index (χ0v) is 19.8. The number of carbonyl (C=O) groups is 2. The summed E-state index contributed by atoms with van der Waals surface area (Å²) in [5.74, 6) is -1.04. The van der Waals surface area contributed by atoms with Crippen LogP contribution in [0, 0.1) is 5.82 Å². The van der Waals surface area contributed by atoms with Crippen molar-refractivity contribution in [1.29, 1.82) is 0 Å². The molecule has 3 aromatic carbocycles. The van der Waals surface area contributed by atoms with Crippen molar-refractivity contribution < 1.29 is 14.0 Å². The van der Waals surface area contributed by atoms with Gasteiger partial charge in [0, 0.05) is 27.4 Å². The molecule has 1 saturated heterocycles. The van der Waals surface area contributed by atoms with E-state index in [9.17, 15) is 14.0 Å². The molecular weight excluding hydrogens is 459 g/mol. The third-order valence-corrected chi connectivity index (χ3v) is 8.00. The molecule has 2 aliphatic rings. The van der Waals surface area contributed by atoms with Crippen LogP contribution in [-0.2, 0) is 16.2 Å². The number of rotatable bonds is 3. The minimum absolute atomic E-state index is 0.191. The number of benzene rings is 3. The van der Waals surface area contributed by atoms with Crippen molar-refractivity contribution >= 4 is 40.9 Å². The molecule has 7 heteroatoms. The van der Waals surface area contributed by atoms with E-state index in [4.69, 9.17) is 11.6 Å². The quantitative estimate of drug-likeness (QED) is 0.472. The summed E-state index contributed by atoms with van der Waals surface area (Å²) in [6.45, 7) is 4.68. The van der Waals surface area contributed by atoms with Crippen LogP contribution in [0.2, 0.25) is 5.02 Å². The smallest absolute Gasteiger partial charge is 0.268 e. The van der Waals surface area contributed by atoms with Gasteiger partial charge in [-0.3, -0.25) is 9.59 Å². The highest BCUT2D eigenvalue weighted by Crippen LogP contribution is 2.60. The van der Waals surface area contributed by atoms with E-state index < -0.39 is 10.7 Å². The lowest BCUT2D eigenvalue weighted by atomic mass is 10.0. The van der Waals surface area contributed by atoms with Crippen molar-refractivity contribution in [3.8, 4) is 0 Å². The predicted octanol–water partition coefficient (Wildman–Crippen LogP) is 5.85. The van der Waals surface area contributed by atoms with E-state index in [0.717, 1.165) is 16.8 Å². The number of anilines is 1. The van der Waals surface area contributed by atoms with Gasteiger partial charge in [0.25, 0.3) is 11.8 Å². The minimum Gasteiger partial charge on any atom is -0.310 e. The lowest BCUT2D eigenvalue weighted by Gasteiger charge is -2.33. The van der Waals surface area contributed by atoms with Gasteiger partial charge in [0.2, 0.25) is 0 Å². The summed E-state index contributed by atoms with van der Waals surface area (Å²) in [6.07, 6.45) is 0. The van der Waals surface area contributed by atoms with E-state index >= 15 is 0 Å². The Hall–Kier alpha value is -2.83. The second kappa shape index (κ2) is 7.89. The average molecular weight is 481 g/mol. The summed E-state index contributed by atoms with van der Waals surface area (Å²) in [5.41, 5.74) is 2.57. The fourth-order valence-corrected chi connectivity index (χ4v) is 6.61. The van der Waals surface area contributed by atoms with Gasteiger partial charge in [-0.15, -0.1) is 11.8 Å². The third kappa shape index (κ3) is 3.52. The topological polar surface area (TPSA) is 40.6 Å². The van der Waals surface area contributed by atoms with Gasteiger partial charge in [-0.2, -0.15) is 0 Å². The molecule has 5 rings (SSSR count). The van der Waals surface area contributed by atoms with Crippen molar-refractivity contribution in [3.63, 3.8) is 0 Å². The van der Waals surface area contributed by atoms with E-state index in [-0.39, 0.29) is 22.1 Å². The molecular formula is C26H22ClFN2O2S. The molecule has 3 aromatic rings. The first-order valence-electron chi connectivity index (χ1n) is 10.7. The molecule has 2 aliphatic heterocycles. The van der Waals surface area contributed by atoms with Crippen LogP contribution in [0.25, 0.3) is 0 Å². The summed E-state index contributed by atoms with van der Waals surface area (Å²) >= 11 is 7.87. The van der Waals surface area contributed by atoms with Crippen molar-refractivity contribution in [2.75, 3.05) is 11.4 Å². The molecule has 33 heavy (non-hydrogen) atoms. The van der Waals surface area contributed by atoms with Gasteiger partial charge < -0.3 is 9.80 Å². The lowest BCUT2D eigenvalue weighted by molar-refractivity contribution is -0.123. The first-order chi connectivity index (χ1) is 15.7. The van der Waals surface area contributed by atoms with Crippen LogP contribution in [0.1, 0.15) is 35.3 Å². The maximum atomic E-state index is 14.2. The normalized spacial score (nSPS) is 21.0. The summed E-state index contributed by atoms with van der Waals surface area (Å²) in [6, 6.07) is 20.6. The van der Waals surface area contributed by atoms with Gasteiger partial charge in [0.1, 0.15) is 5.82 Å². The molecule has 1 fully saturated rings. The first-order valence-corrected chi connectivity index (χ1v) is 11.8. The van der Waals surface area contributed by atoms with Crippen LogP contribution in [0.5, 0.6) is 0 Å². The average Bonchev–Trinajstić information content (AvgIpc) is 3.21. The van der Waals surface area contributed by atoms with Gasteiger partial charge in [-0.1, -0.05) is 54.1 Å². The Kier molecular flexibility index (Phi) is 5.26. The van der Waals surface area contributed by atoms with Crippen LogP contribution in [0.3, 0.4) is 0 Å². The summed E-state index contributed by atoms with van der Waals surface area (Å²) in [7, 11) is 0. The molecule has 168 valence electrons. The van der Waals surface area contributed by atoms with Gasteiger partial charge >= 0.3 is 0 Å². The number of fused-ring (bicyclic) bond motifs is 2. The molecule has 0 aliphatic carbocycles. The molecule has 1 unspecified atom stereocenters. The highest BCUT2D eigenvalue weighted by atomic mass is 35.5. The van der Waals surface area contributed by atoms with E-state index in [1.165, 1.54) is 30.0 Å². The van der Waals surface area contributed by atoms with Gasteiger partial charge in [0.05, 0.1) is 12.2 Å². The molecule has 4 nitrogen and oxygen atoms in total. The number of nitrogens with zero attached hydrogens (tertiary/aromatic N) is 2. The number of hydrogen-bond acceptors (Lipinski definition) is 3. The number of para-hydroxylation sites is 1. The molecule has 0 saturated carbocycles. The fraction of sp³-hybridized carbons (Fsp3) is 0.231. The molecule has 0 aromatic heterocycles. The Morgan fingerprint density at radius 2 is 1.79 bits per heavy atom. The molecule has 0 bridgehead atoms. The van der Waals surface area contributed by atoms with E-state index in [1.54, 1.807) is 21.9 Å². The van der Waals surface area contributed by atoms with E-state index in [1.807, 2.05) is 56.3 Å². The van der Waals surface area contributed by atoms with Crippen LogP contribution in [0.15, 0.2) is 72.8 Å². The van der Waals surface area contributed by atoms with Crippen molar-refractivity contribution in [2.45, 2.75) is 30.0 Å². The molecule has 0 N–H and O–H groups in total. The van der Waals surface area contributed by atoms with Gasteiger partial charge in [-0.05, 0) is 49.7 Å². The maximum Gasteiger partial charge on any atom is 0.268 e. The van der Waals surface area contributed by atoms with E-state index in [2.05, 4.69) is 0 Å². The minimum atomic E-state index is -1.23. The molecule has 2 heterocycles. The van der Waals surface area contributed by atoms with Crippen molar-refractivity contribution in [2.24, 2.45) is 0 Å². The number of thioether (sulfide) groups is 1. The fourth-order valence-electron chi connectivity index (χ4n) is 4.69. The number of amides is 2. The Balaban J connectivity index is 1.64. The highest BCUT2D eigenvalue weighted by Gasteiger charge is 2.63. The Labute approximate surface area is 201 Å². The Morgan fingerprint density at radius 3 is 2.55 bits per heavy atom. The highest BCUT2D eigenvalue weighted by molar-refractivity contribution is 8.02. The van der Waals surface area contributed by atoms with Crippen molar-refractivity contribution in [3.05, 3.63) is 100 Å². The second-order valence-corrected chi connectivity index (χ2v) is 11.2. The number of carbonyl (C=O) groups excluding carboxylic acids is 2. The zero-order chi connectivity index (χ0) is 23.4. The summed E-state index contributed by atoms with van der Waals surface area (Å²) in [5, 5.41) is 0.579. The first kappa shape index (κ1) is 22.0. The van der Waals surface area contributed by atoms with Crippen LogP contribution in [-0.4, -0.2) is 28.0 Å². The van der Waals surface area contributed by atoms with Crippen LogP contribution < -0.4 is 4.90 Å². The lowest BCUT2D eigenvalue weighted by Crippen LogP contribution is -2.50. The SMILES string of the molecule is CC1(C)CN(C(=O)c2cccc(F)c2)C2(S1)C(=O)N(Cc1ccccc1Cl)c1ccccc12. The molecule has 2 amide bonds. The largest absolute Gasteiger partial charge is 0.310 e.